The summed E-state index contributed by atoms with van der Waals surface area (Å²) in [7, 11) is 3.27. The van der Waals surface area contributed by atoms with E-state index in [4.69, 9.17) is 9.72 Å². The second-order valence-corrected chi connectivity index (χ2v) is 6.44. The van der Waals surface area contributed by atoms with E-state index in [0.29, 0.717) is 17.2 Å². The molecule has 0 spiro atoms. The summed E-state index contributed by atoms with van der Waals surface area (Å²) in [6.07, 6.45) is 0. The number of benzene rings is 2. The molecule has 0 aliphatic carbocycles. The van der Waals surface area contributed by atoms with Gasteiger partial charge in [-0.25, -0.2) is 13.8 Å². The molecule has 29 heavy (non-hydrogen) atoms. The molecule has 2 heterocycles. The third kappa shape index (κ3) is 3.86. The van der Waals surface area contributed by atoms with Crippen molar-refractivity contribution in [2.45, 2.75) is 6.92 Å². The summed E-state index contributed by atoms with van der Waals surface area (Å²) in [5, 5.41) is 8.49. The summed E-state index contributed by atoms with van der Waals surface area (Å²) < 4.78 is 34.1. The number of halogens is 3. The van der Waals surface area contributed by atoms with Gasteiger partial charge in [-0.1, -0.05) is 0 Å². The molecular weight excluding hydrogens is 398 g/mol. The maximum absolute atomic E-state index is 14.1. The van der Waals surface area contributed by atoms with E-state index < -0.39 is 5.82 Å². The van der Waals surface area contributed by atoms with Crippen molar-refractivity contribution in [3.05, 3.63) is 65.9 Å². The Morgan fingerprint density at radius 2 is 1.76 bits per heavy atom. The number of nitrogens with one attached hydrogen (secondary N) is 1. The minimum Gasteiger partial charge on any atom is -0.494 e. The van der Waals surface area contributed by atoms with Crippen molar-refractivity contribution in [2.75, 3.05) is 12.4 Å². The lowest BCUT2D eigenvalue weighted by molar-refractivity contribution is 0.386. The molecule has 8 heteroatoms. The molecule has 1 N–H and O–H groups in total. The average Bonchev–Trinajstić information content (AvgIpc) is 2.96. The molecule has 4 rings (SSSR count). The van der Waals surface area contributed by atoms with Gasteiger partial charge in [0, 0.05) is 24.4 Å². The van der Waals surface area contributed by atoms with Crippen LogP contribution in [0.1, 0.15) is 5.69 Å². The Morgan fingerprint density at radius 3 is 2.41 bits per heavy atom. The van der Waals surface area contributed by atoms with Gasteiger partial charge < -0.3 is 10.1 Å². The Morgan fingerprint density at radius 1 is 1.03 bits per heavy atom. The Labute approximate surface area is 172 Å². The van der Waals surface area contributed by atoms with Crippen molar-refractivity contribution < 1.29 is 13.5 Å². The second-order valence-electron chi connectivity index (χ2n) is 6.44. The maximum Gasteiger partial charge on any atom is 0.167 e. The van der Waals surface area contributed by atoms with Crippen LogP contribution >= 0.6 is 12.4 Å². The molecular formula is C21H19ClF2N4O. The van der Waals surface area contributed by atoms with E-state index in [-0.39, 0.29) is 24.0 Å². The molecule has 0 unspecified atom stereocenters. The molecule has 4 aromatic rings. The third-order valence-electron chi connectivity index (χ3n) is 4.56. The molecule has 0 amide bonds. The molecule has 0 fully saturated rings. The van der Waals surface area contributed by atoms with Gasteiger partial charge in [-0.2, -0.15) is 5.10 Å². The molecule has 150 valence electrons. The SMILES string of the molecule is COc1ccc(Nc2nc(-c3ccc(F)cc3)cc3c2c(C)nn3C)cc1F.Cl. The lowest BCUT2D eigenvalue weighted by Gasteiger charge is -2.11. The first-order valence-electron chi connectivity index (χ1n) is 8.67. The zero-order valence-electron chi connectivity index (χ0n) is 16.0. The van der Waals surface area contributed by atoms with Crippen molar-refractivity contribution in [1.82, 2.24) is 14.8 Å². The number of fused-ring (bicyclic) bond motifs is 1. The molecule has 0 atom stereocenters. The number of ether oxygens (including phenoxy) is 1. The van der Waals surface area contributed by atoms with Gasteiger partial charge in [0.25, 0.3) is 0 Å². The Hall–Kier alpha value is -3.19. The van der Waals surface area contributed by atoms with Crippen LogP contribution in [0.5, 0.6) is 5.75 Å². The standard InChI is InChI=1S/C21H18F2N4O.ClH/c1-12-20-18(27(2)26-12)11-17(13-4-6-14(22)7-5-13)25-21(20)24-15-8-9-19(28-3)16(23)10-15;/h4-11H,1-3H3,(H,24,25);1H. The minimum atomic E-state index is -0.471. The number of nitrogens with zero attached hydrogens (tertiary/aromatic N) is 3. The van der Waals surface area contributed by atoms with Crippen molar-refractivity contribution >= 4 is 34.8 Å². The highest BCUT2D eigenvalue weighted by atomic mass is 35.5. The normalized spacial score (nSPS) is 10.7. The van der Waals surface area contributed by atoms with Gasteiger partial charge in [-0.3, -0.25) is 4.68 Å². The van der Waals surface area contributed by atoms with Gasteiger partial charge in [-0.05, 0) is 49.4 Å². The molecule has 0 aliphatic rings. The molecule has 0 saturated carbocycles. The third-order valence-corrected chi connectivity index (χ3v) is 4.56. The fourth-order valence-corrected chi connectivity index (χ4v) is 3.21. The highest BCUT2D eigenvalue weighted by molar-refractivity contribution is 5.95. The quantitative estimate of drug-likeness (QED) is 0.484. The van der Waals surface area contributed by atoms with Crippen LogP contribution < -0.4 is 10.1 Å². The zero-order valence-corrected chi connectivity index (χ0v) is 16.8. The molecule has 2 aromatic heterocycles. The van der Waals surface area contributed by atoms with Crippen LogP contribution in [0.2, 0.25) is 0 Å². The molecule has 0 saturated heterocycles. The number of aromatic nitrogens is 3. The predicted octanol–water partition coefficient (Wildman–Crippen LogP) is 5.40. The summed E-state index contributed by atoms with van der Waals surface area (Å²) in [5.74, 6) is -0.0668. The van der Waals surface area contributed by atoms with Gasteiger partial charge in [0.1, 0.15) is 11.6 Å². The second kappa shape index (κ2) is 8.05. The average molecular weight is 417 g/mol. The molecule has 5 nitrogen and oxygen atoms in total. The summed E-state index contributed by atoms with van der Waals surface area (Å²) in [5.41, 5.74) is 3.63. The fraction of sp³-hybridized carbons (Fsp3) is 0.143. The predicted molar refractivity (Wildman–Crippen MR) is 112 cm³/mol. The van der Waals surface area contributed by atoms with E-state index in [2.05, 4.69) is 10.4 Å². The van der Waals surface area contributed by atoms with Crippen molar-refractivity contribution in [1.29, 1.82) is 0 Å². The Kier molecular flexibility index (Phi) is 5.70. The number of hydrogen-bond donors (Lipinski definition) is 1. The number of hydrogen-bond acceptors (Lipinski definition) is 4. The molecule has 2 aromatic carbocycles. The topological polar surface area (TPSA) is 52.0 Å². The highest BCUT2D eigenvalue weighted by Gasteiger charge is 2.15. The molecule has 0 radical (unpaired) electrons. The number of methoxy groups -OCH3 is 1. The van der Waals surface area contributed by atoms with Crippen molar-refractivity contribution in [3.63, 3.8) is 0 Å². The van der Waals surface area contributed by atoms with E-state index in [1.807, 2.05) is 20.0 Å². The largest absolute Gasteiger partial charge is 0.494 e. The molecule has 0 bridgehead atoms. The maximum atomic E-state index is 14.1. The van der Waals surface area contributed by atoms with Crippen LogP contribution in [0.4, 0.5) is 20.3 Å². The van der Waals surface area contributed by atoms with Gasteiger partial charge in [0.2, 0.25) is 0 Å². The minimum absolute atomic E-state index is 0. The Balaban J connectivity index is 0.00000240. The van der Waals surface area contributed by atoms with Gasteiger partial charge in [0.15, 0.2) is 11.6 Å². The smallest absolute Gasteiger partial charge is 0.167 e. The molecule has 0 aliphatic heterocycles. The highest BCUT2D eigenvalue weighted by Crippen LogP contribution is 2.32. The summed E-state index contributed by atoms with van der Waals surface area (Å²) in [4.78, 5) is 4.70. The first-order valence-corrected chi connectivity index (χ1v) is 8.67. The van der Waals surface area contributed by atoms with E-state index in [1.54, 1.807) is 28.9 Å². The van der Waals surface area contributed by atoms with E-state index in [0.717, 1.165) is 22.2 Å². The summed E-state index contributed by atoms with van der Waals surface area (Å²) >= 11 is 0. The summed E-state index contributed by atoms with van der Waals surface area (Å²) in [6.45, 7) is 1.89. The van der Waals surface area contributed by atoms with Crippen LogP contribution in [0.3, 0.4) is 0 Å². The van der Waals surface area contributed by atoms with Crippen LogP contribution in [0, 0.1) is 18.6 Å². The summed E-state index contributed by atoms with van der Waals surface area (Å²) in [6, 6.07) is 12.6. The van der Waals surface area contributed by atoms with Crippen molar-refractivity contribution in [3.8, 4) is 17.0 Å². The lowest BCUT2D eigenvalue weighted by Crippen LogP contribution is -1.99. The zero-order chi connectivity index (χ0) is 19.8. The van der Waals surface area contributed by atoms with Crippen LogP contribution in [-0.2, 0) is 7.05 Å². The first-order chi connectivity index (χ1) is 13.5. The van der Waals surface area contributed by atoms with Gasteiger partial charge in [0.05, 0.1) is 29.4 Å². The van der Waals surface area contributed by atoms with Gasteiger partial charge >= 0.3 is 0 Å². The first kappa shape index (κ1) is 20.5. The van der Waals surface area contributed by atoms with E-state index >= 15 is 0 Å². The van der Waals surface area contributed by atoms with Crippen LogP contribution in [0.15, 0.2) is 48.5 Å². The number of aryl methyl sites for hydroxylation is 2. The fourth-order valence-electron chi connectivity index (χ4n) is 3.21. The van der Waals surface area contributed by atoms with E-state index in [1.165, 1.54) is 25.3 Å². The monoisotopic (exact) mass is 416 g/mol. The van der Waals surface area contributed by atoms with Crippen molar-refractivity contribution in [2.24, 2.45) is 7.05 Å². The number of anilines is 2. The number of pyridine rings is 1. The van der Waals surface area contributed by atoms with Gasteiger partial charge in [-0.15, -0.1) is 12.4 Å². The number of rotatable bonds is 4. The van der Waals surface area contributed by atoms with E-state index in [9.17, 15) is 8.78 Å². The Bertz CT molecular complexity index is 1180. The lowest BCUT2D eigenvalue weighted by atomic mass is 10.1. The van der Waals surface area contributed by atoms with Crippen LogP contribution in [-0.4, -0.2) is 21.9 Å². The van der Waals surface area contributed by atoms with Crippen LogP contribution in [0.25, 0.3) is 22.2 Å².